The average Bonchev–Trinajstić information content (AvgIpc) is 2.56. The van der Waals surface area contributed by atoms with E-state index in [1.165, 1.54) is 24.8 Å². The van der Waals surface area contributed by atoms with Gasteiger partial charge in [0, 0.05) is 25.2 Å². The van der Waals surface area contributed by atoms with Crippen LogP contribution in [0.2, 0.25) is 0 Å². The lowest BCUT2D eigenvalue weighted by atomic mass is 10.1. The molecule has 2 atom stereocenters. The summed E-state index contributed by atoms with van der Waals surface area (Å²) < 4.78 is 0. The van der Waals surface area contributed by atoms with E-state index in [1.54, 1.807) is 12.1 Å². The highest BCUT2D eigenvalue weighted by atomic mass is 16.3. The number of nitrogens with zero attached hydrogens (tertiary/aromatic N) is 1. The van der Waals surface area contributed by atoms with Crippen LogP contribution >= 0.6 is 0 Å². The number of benzene rings is 1. The van der Waals surface area contributed by atoms with Crippen LogP contribution in [0.3, 0.4) is 0 Å². The predicted octanol–water partition coefficient (Wildman–Crippen LogP) is 2.74. The van der Waals surface area contributed by atoms with Gasteiger partial charge in [-0.15, -0.1) is 0 Å². The number of phenols is 1. The molecule has 3 heteroatoms. The topological polar surface area (TPSA) is 35.5 Å². The Hall–Kier alpha value is -1.06. The van der Waals surface area contributed by atoms with E-state index in [0.717, 1.165) is 19.6 Å². The molecule has 0 radical (unpaired) electrons. The van der Waals surface area contributed by atoms with Crippen molar-refractivity contribution in [2.24, 2.45) is 0 Å². The molecule has 1 fully saturated rings. The van der Waals surface area contributed by atoms with Gasteiger partial charge in [0.1, 0.15) is 5.75 Å². The lowest BCUT2D eigenvalue weighted by Gasteiger charge is -2.29. The molecule has 1 aromatic rings. The van der Waals surface area contributed by atoms with E-state index in [-0.39, 0.29) is 0 Å². The third-order valence-electron chi connectivity index (χ3n) is 4.03. The molecule has 106 valence electrons. The smallest absolute Gasteiger partial charge is 0.115 e. The maximum atomic E-state index is 9.35. The van der Waals surface area contributed by atoms with Gasteiger partial charge < -0.3 is 10.4 Å². The van der Waals surface area contributed by atoms with Crippen LogP contribution in [0, 0.1) is 0 Å². The summed E-state index contributed by atoms with van der Waals surface area (Å²) in [5.74, 6) is 0.346. The molecule has 2 N–H and O–H groups in total. The zero-order valence-corrected chi connectivity index (χ0v) is 12.1. The highest BCUT2D eigenvalue weighted by molar-refractivity contribution is 5.25. The first-order valence-corrected chi connectivity index (χ1v) is 7.44. The van der Waals surface area contributed by atoms with Crippen molar-refractivity contribution in [1.29, 1.82) is 0 Å². The molecule has 0 amide bonds. The van der Waals surface area contributed by atoms with Gasteiger partial charge in [0.05, 0.1) is 0 Å². The van der Waals surface area contributed by atoms with E-state index < -0.39 is 0 Å². The first-order valence-electron chi connectivity index (χ1n) is 7.44. The summed E-state index contributed by atoms with van der Waals surface area (Å²) in [5.41, 5.74) is 1.28. The Morgan fingerprint density at radius 1 is 1.32 bits per heavy atom. The van der Waals surface area contributed by atoms with Crippen molar-refractivity contribution < 1.29 is 5.11 Å². The molecule has 19 heavy (non-hydrogen) atoms. The molecule has 2 rings (SSSR count). The van der Waals surface area contributed by atoms with Crippen molar-refractivity contribution in [3.05, 3.63) is 29.8 Å². The van der Waals surface area contributed by atoms with Crippen molar-refractivity contribution >= 4 is 0 Å². The Morgan fingerprint density at radius 2 is 2.05 bits per heavy atom. The highest BCUT2D eigenvalue weighted by Crippen LogP contribution is 2.17. The summed E-state index contributed by atoms with van der Waals surface area (Å²) >= 11 is 0. The summed E-state index contributed by atoms with van der Waals surface area (Å²) in [5, 5.41) is 13.0. The molecular weight excluding hydrogens is 236 g/mol. The molecule has 1 aliphatic heterocycles. The van der Waals surface area contributed by atoms with Gasteiger partial charge in [-0.3, -0.25) is 4.90 Å². The lowest BCUT2D eigenvalue weighted by molar-refractivity contribution is 0.193. The fraction of sp³-hybridized carbons (Fsp3) is 0.625. The Kier molecular flexibility index (Phi) is 5.23. The van der Waals surface area contributed by atoms with Gasteiger partial charge in [-0.1, -0.05) is 25.5 Å². The van der Waals surface area contributed by atoms with Gasteiger partial charge in [0.15, 0.2) is 0 Å². The number of rotatable bonds is 4. The molecule has 0 bridgehead atoms. The predicted molar refractivity (Wildman–Crippen MR) is 79.3 cm³/mol. The second kappa shape index (κ2) is 6.92. The van der Waals surface area contributed by atoms with E-state index in [1.807, 2.05) is 12.1 Å². The molecule has 2 unspecified atom stereocenters. The fourth-order valence-corrected chi connectivity index (χ4v) is 2.80. The summed E-state index contributed by atoms with van der Waals surface area (Å²) in [7, 11) is 0. The molecule has 3 nitrogen and oxygen atoms in total. The zero-order valence-electron chi connectivity index (χ0n) is 12.1. The summed E-state index contributed by atoms with van der Waals surface area (Å²) in [6.45, 7) is 7.79. The van der Waals surface area contributed by atoms with Gasteiger partial charge in [-0.2, -0.15) is 0 Å². The zero-order chi connectivity index (χ0) is 13.7. The summed E-state index contributed by atoms with van der Waals surface area (Å²) in [6, 6.07) is 8.83. The van der Waals surface area contributed by atoms with Crippen LogP contribution in [0.1, 0.15) is 38.7 Å². The quantitative estimate of drug-likeness (QED) is 0.876. The average molecular weight is 262 g/mol. The van der Waals surface area contributed by atoms with Crippen LogP contribution < -0.4 is 5.32 Å². The SMILES string of the molecule is CCCC1CN(Cc2ccc(O)cc2)C(C)CCN1. The largest absolute Gasteiger partial charge is 0.508 e. The molecule has 1 saturated heterocycles. The van der Waals surface area contributed by atoms with E-state index >= 15 is 0 Å². The van der Waals surface area contributed by atoms with Gasteiger partial charge in [-0.05, 0) is 44.0 Å². The molecular formula is C16H26N2O. The minimum absolute atomic E-state index is 0.346. The maximum absolute atomic E-state index is 9.35. The van der Waals surface area contributed by atoms with Crippen molar-refractivity contribution in [3.8, 4) is 5.75 Å². The number of phenolic OH excluding ortho intramolecular Hbond substituents is 1. The second-order valence-electron chi connectivity index (χ2n) is 5.67. The maximum Gasteiger partial charge on any atom is 0.115 e. The van der Waals surface area contributed by atoms with Crippen LogP contribution in [-0.4, -0.2) is 35.2 Å². The molecule has 0 aliphatic carbocycles. The number of nitrogens with one attached hydrogen (secondary N) is 1. The molecule has 0 aromatic heterocycles. The third kappa shape index (κ3) is 4.22. The number of hydrogen-bond donors (Lipinski definition) is 2. The lowest BCUT2D eigenvalue weighted by Crippen LogP contribution is -2.39. The van der Waals surface area contributed by atoms with Crippen molar-refractivity contribution in [2.75, 3.05) is 13.1 Å². The minimum Gasteiger partial charge on any atom is -0.508 e. The van der Waals surface area contributed by atoms with Crippen LogP contribution in [0.15, 0.2) is 24.3 Å². The number of hydrogen-bond acceptors (Lipinski definition) is 3. The van der Waals surface area contributed by atoms with Crippen LogP contribution in [0.25, 0.3) is 0 Å². The van der Waals surface area contributed by atoms with Crippen LogP contribution in [-0.2, 0) is 6.54 Å². The van der Waals surface area contributed by atoms with E-state index in [4.69, 9.17) is 0 Å². The van der Waals surface area contributed by atoms with Crippen LogP contribution in [0.5, 0.6) is 5.75 Å². The Bertz CT molecular complexity index is 377. The normalized spacial score (nSPS) is 25.2. The van der Waals surface area contributed by atoms with Crippen molar-refractivity contribution in [1.82, 2.24) is 10.2 Å². The van der Waals surface area contributed by atoms with E-state index in [9.17, 15) is 5.11 Å². The number of aromatic hydroxyl groups is 1. The summed E-state index contributed by atoms with van der Waals surface area (Å²) in [6.07, 6.45) is 3.69. The van der Waals surface area contributed by atoms with Crippen molar-refractivity contribution in [2.45, 2.75) is 51.7 Å². The monoisotopic (exact) mass is 262 g/mol. The van der Waals surface area contributed by atoms with Crippen molar-refractivity contribution in [3.63, 3.8) is 0 Å². The van der Waals surface area contributed by atoms with E-state index in [0.29, 0.717) is 17.8 Å². The Balaban J connectivity index is 2.00. The Morgan fingerprint density at radius 3 is 2.74 bits per heavy atom. The fourth-order valence-electron chi connectivity index (χ4n) is 2.80. The molecule has 0 spiro atoms. The minimum atomic E-state index is 0.346. The van der Waals surface area contributed by atoms with Crippen LogP contribution in [0.4, 0.5) is 0 Å². The standard InChI is InChI=1S/C16H26N2O/c1-3-4-15-12-18(13(2)9-10-17-15)11-14-5-7-16(19)8-6-14/h5-8,13,15,17,19H,3-4,9-12H2,1-2H3. The van der Waals surface area contributed by atoms with Gasteiger partial charge >= 0.3 is 0 Å². The first kappa shape index (κ1) is 14.4. The molecule has 1 aliphatic rings. The highest BCUT2D eigenvalue weighted by Gasteiger charge is 2.22. The third-order valence-corrected chi connectivity index (χ3v) is 4.03. The van der Waals surface area contributed by atoms with E-state index in [2.05, 4.69) is 24.1 Å². The Labute approximate surface area is 116 Å². The molecule has 1 heterocycles. The second-order valence-corrected chi connectivity index (χ2v) is 5.67. The van der Waals surface area contributed by atoms with Gasteiger partial charge in [0.25, 0.3) is 0 Å². The molecule has 0 saturated carbocycles. The molecule has 1 aromatic carbocycles. The first-order chi connectivity index (χ1) is 9.19. The van der Waals surface area contributed by atoms with Gasteiger partial charge in [-0.25, -0.2) is 0 Å². The summed E-state index contributed by atoms with van der Waals surface area (Å²) in [4.78, 5) is 2.56. The van der Waals surface area contributed by atoms with Gasteiger partial charge in [0.2, 0.25) is 0 Å².